The van der Waals surface area contributed by atoms with Crippen molar-refractivity contribution in [2.75, 3.05) is 33.5 Å². The Morgan fingerprint density at radius 3 is 2.72 bits per heavy atom. The summed E-state index contributed by atoms with van der Waals surface area (Å²) in [5, 5.41) is 20.6. The number of phenolic OH excluding ortho intramolecular Hbond substituents is 1. The predicted octanol–water partition coefficient (Wildman–Crippen LogP) is 0.139. The fraction of sp³-hybridized carbons (Fsp3) is 0.417. The SMILES string of the molecule is CNC(=O)c1ccc(OCCOCCO)c(O)c1. The molecule has 18 heavy (non-hydrogen) atoms. The second-order valence-corrected chi connectivity index (χ2v) is 3.45. The second kappa shape index (κ2) is 7.52. The lowest BCUT2D eigenvalue weighted by atomic mass is 10.2. The average Bonchev–Trinajstić information content (AvgIpc) is 2.39. The van der Waals surface area contributed by atoms with Crippen LogP contribution in [0.1, 0.15) is 10.4 Å². The van der Waals surface area contributed by atoms with Crippen LogP contribution in [-0.4, -0.2) is 49.6 Å². The fourth-order valence-electron chi connectivity index (χ4n) is 1.30. The van der Waals surface area contributed by atoms with E-state index in [1.165, 1.54) is 19.2 Å². The lowest BCUT2D eigenvalue weighted by Crippen LogP contribution is -2.17. The maximum absolute atomic E-state index is 11.3. The quantitative estimate of drug-likeness (QED) is 0.603. The van der Waals surface area contributed by atoms with E-state index in [1.807, 2.05) is 0 Å². The number of ether oxygens (including phenoxy) is 2. The van der Waals surface area contributed by atoms with Crippen molar-refractivity contribution in [3.63, 3.8) is 0 Å². The molecular formula is C12H17NO5. The van der Waals surface area contributed by atoms with Crippen molar-refractivity contribution in [3.05, 3.63) is 23.8 Å². The van der Waals surface area contributed by atoms with Crippen LogP contribution in [0.2, 0.25) is 0 Å². The number of aliphatic hydroxyl groups is 1. The largest absolute Gasteiger partial charge is 0.504 e. The molecule has 100 valence electrons. The van der Waals surface area contributed by atoms with Crippen molar-refractivity contribution in [1.29, 1.82) is 0 Å². The zero-order chi connectivity index (χ0) is 13.4. The number of rotatable bonds is 7. The smallest absolute Gasteiger partial charge is 0.251 e. The Balaban J connectivity index is 2.49. The summed E-state index contributed by atoms with van der Waals surface area (Å²) in [5.41, 5.74) is 0.360. The van der Waals surface area contributed by atoms with Crippen molar-refractivity contribution in [2.45, 2.75) is 0 Å². The van der Waals surface area contributed by atoms with E-state index in [9.17, 15) is 9.90 Å². The number of amides is 1. The van der Waals surface area contributed by atoms with Gasteiger partial charge in [0.2, 0.25) is 0 Å². The number of carbonyl (C=O) groups is 1. The van der Waals surface area contributed by atoms with Gasteiger partial charge in [-0.15, -0.1) is 0 Å². The number of aliphatic hydroxyl groups excluding tert-OH is 1. The lowest BCUT2D eigenvalue weighted by molar-refractivity contribution is 0.0699. The highest BCUT2D eigenvalue weighted by Crippen LogP contribution is 2.26. The van der Waals surface area contributed by atoms with Gasteiger partial charge in [0.15, 0.2) is 11.5 Å². The van der Waals surface area contributed by atoms with Crippen molar-refractivity contribution in [3.8, 4) is 11.5 Å². The molecule has 0 spiro atoms. The fourth-order valence-corrected chi connectivity index (χ4v) is 1.30. The monoisotopic (exact) mass is 255 g/mol. The van der Waals surface area contributed by atoms with Crippen LogP contribution in [0.3, 0.4) is 0 Å². The Morgan fingerprint density at radius 2 is 2.11 bits per heavy atom. The molecule has 0 radical (unpaired) electrons. The Morgan fingerprint density at radius 1 is 1.33 bits per heavy atom. The first-order chi connectivity index (χ1) is 8.69. The van der Waals surface area contributed by atoms with Crippen LogP contribution >= 0.6 is 0 Å². The summed E-state index contributed by atoms with van der Waals surface area (Å²) >= 11 is 0. The molecule has 0 aliphatic carbocycles. The molecule has 0 aromatic heterocycles. The Bertz CT molecular complexity index is 394. The van der Waals surface area contributed by atoms with E-state index in [4.69, 9.17) is 14.6 Å². The summed E-state index contributed by atoms with van der Waals surface area (Å²) in [5.74, 6) is -0.0864. The van der Waals surface area contributed by atoms with E-state index in [0.29, 0.717) is 12.2 Å². The van der Waals surface area contributed by atoms with Gasteiger partial charge in [-0.1, -0.05) is 0 Å². The van der Waals surface area contributed by atoms with E-state index in [2.05, 4.69) is 5.32 Å². The van der Waals surface area contributed by atoms with Crippen LogP contribution in [0.25, 0.3) is 0 Å². The van der Waals surface area contributed by atoms with E-state index < -0.39 is 0 Å². The summed E-state index contributed by atoms with van der Waals surface area (Å²) in [4.78, 5) is 11.3. The number of nitrogens with one attached hydrogen (secondary N) is 1. The molecule has 1 aromatic carbocycles. The topological polar surface area (TPSA) is 88.0 Å². The Kier molecular flexibility index (Phi) is 5.96. The minimum atomic E-state index is -0.275. The van der Waals surface area contributed by atoms with Gasteiger partial charge in [0, 0.05) is 12.6 Å². The molecule has 0 unspecified atom stereocenters. The van der Waals surface area contributed by atoms with Gasteiger partial charge in [0.05, 0.1) is 19.8 Å². The minimum Gasteiger partial charge on any atom is -0.504 e. The molecule has 0 saturated carbocycles. The highest BCUT2D eigenvalue weighted by atomic mass is 16.5. The number of phenols is 1. The maximum Gasteiger partial charge on any atom is 0.251 e. The molecule has 0 aliphatic rings. The summed E-state index contributed by atoms with van der Waals surface area (Å²) in [7, 11) is 1.52. The van der Waals surface area contributed by atoms with Crippen molar-refractivity contribution in [2.24, 2.45) is 0 Å². The average molecular weight is 255 g/mol. The lowest BCUT2D eigenvalue weighted by Gasteiger charge is -2.09. The molecule has 6 nitrogen and oxygen atoms in total. The van der Waals surface area contributed by atoms with Crippen LogP contribution in [0.5, 0.6) is 11.5 Å². The highest BCUT2D eigenvalue weighted by Gasteiger charge is 2.08. The van der Waals surface area contributed by atoms with E-state index in [-0.39, 0.29) is 37.2 Å². The first-order valence-corrected chi connectivity index (χ1v) is 5.55. The van der Waals surface area contributed by atoms with Crippen LogP contribution < -0.4 is 10.1 Å². The molecule has 0 saturated heterocycles. The summed E-state index contributed by atoms with van der Waals surface area (Å²) in [6.45, 7) is 0.793. The summed E-state index contributed by atoms with van der Waals surface area (Å²) < 4.78 is 10.3. The third-order valence-corrected chi connectivity index (χ3v) is 2.17. The zero-order valence-electron chi connectivity index (χ0n) is 10.2. The second-order valence-electron chi connectivity index (χ2n) is 3.45. The van der Waals surface area contributed by atoms with Gasteiger partial charge in [0.25, 0.3) is 5.91 Å². The molecular weight excluding hydrogens is 238 g/mol. The van der Waals surface area contributed by atoms with Crippen LogP contribution in [0, 0.1) is 0 Å². The number of benzene rings is 1. The summed E-state index contributed by atoms with van der Waals surface area (Å²) in [6.07, 6.45) is 0. The first kappa shape index (κ1) is 14.3. The molecule has 3 N–H and O–H groups in total. The number of aromatic hydroxyl groups is 1. The van der Waals surface area contributed by atoms with Gasteiger partial charge >= 0.3 is 0 Å². The normalized spacial score (nSPS) is 10.1. The van der Waals surface area contributed by atoms with Crippen LogP contribution in [0.4, 0.5) is 0 Å². The third kappa shape index (κ3) is 4.23. The molecule has 0 aliphatic heterocycles. The number of carbonyl (C=O) groups excluding carboxylic acids is 1. The van der Waals surface area contributed by atoms with Gasteiger partial charge in [-0.2, -0.15) is 0 Å². The van der Waals surface area contributed by atoms with E-state index in [0.717, 1.165) is 0 Å². The molecule has 0 heterocycles. The van der Waals surface area contributed by atoms with Gasteiger partial charge in [-0.3, -0.25) is 4.79 Å². The summed E-state index contributed by atoms with van der Waals surface area (Å²) in [6, 6.07) is 4.41. The standard InChI is InChI=1S/C12H17NO5/c1-13-12(16)9-2-3-11(10(15)8-9)18-7-6-17-5-4-14/h2-3,8,14-15H,4-7H2,1H3,(H,13,16). The zero-order valence-corrected chi connectivity index (χ0v) is 10.2. The molecule has 0 atom stereocenters. The van der Waals surface area contributed by atoms with Crippen molar-refractivity contribution < 1.29 is 24.5 Å². The molecule has 1 rings (SSSR count). The third-order valence-electron chi connectivity index (χ3n) is 2.17. The van der Waals surface area contributed by atoms with E-state index >= 15 is 0 Å². The maximum atomic E-state index is 11.3. The minimum absolute atomic E-state index is 0.0356. The van der Waals surface area contributed by atoms with Gasteiger partial charge < -0.3 is 25.0 Å². The van der Waals surface area contributed by atoms with Crippen LogP contribution in [-0.2, 0) is 4.74 Å². The molecule has 0 bridgehead atoms. The molecule has 1 aromatic rings. The Labute approximate surface area is 105 Å². The van der Waals surface area contributed by atoms with Gasteiger partial charge in [-0.05, 0) is 18.2 Å². The molecule has 1 amide bonds. The van der Waals surface area contributed by atoms with E-state index in [1.54, 1.807) is 6.07 Å². The first-order valence-electron chi connectivity index (χ1n) is 5.55. The molecule has 6 heteroatoms. The Hall–Kier alpha value is -1.79. The number of hydrogen-bond acceptors (Lipinski definition) is 5. The predicted molar refractivity (Wildman–Crippen MR) is 64.9 cm³/mol. The van der Waals surface area contributed by atoms with Crippen molar-refractivity contribution in [1.82, 2.24) is 5.32 Å². The van der Waals surface area contributed by atoms with Crippen molar-refractivity contribution >= 4 is 5.91 Å². The highest BCUT2D eigenvalue weighted by molar-refractivity contribution is 5.94. The van der Waals surface area contributed by atoms with Gasteiger partial charge in [-0.25, -0.2) is 0 Å². The van der Waals surface area contributed by atoms with Gasteiger partial charge in [0.1, 0.15) is 6.61 Å². The molecule has 0 fully saturated rings. The number of hydrogen-bond donors (Lipinski definition) is 3. The van der Waals surface area contributed by atoms with Crippen LogP contribution in [0.15, 0.2) is 18.2 Å².